The van der Waals surface area contributed by atoms with E-state index < -0.39 is 0 Å². The van der Waals surface area contributed by atoms with E-state index in [2.05, 4.69) is 42.0 Å². The maximum atomic E-state index is 12.2. The summed E-state index contributed by atoms with van der Waals surface area (Å²) in [5.41, 5.74) is 1.23. The predicted molar refractivity (Wildman–Crippen MR) is 92.6 cm³/mol. The first-order valence-electron chi connectivity index (χ1n) is 7.08. The van der Waals surface area contributed by atoms with E-state index in [1.54, 1.807) is 0 Å². The minimum atomic E-state index is 0. The number of carbonyl (C=O) groups excluding carboxylic acids is 1. The molecule has 1 heterocycles. The Morgan fingerprint density at radius 3 is 2.43 bits per heavy atom. The van der Waals surface area contributed by atoms with E-state index in [1.807, 2.05) is 23.1 Å². The number of rotatable bonds is 4. The van der Waals surface area contributed by atoms with Gasteiger partial charge in [0.2, 0.25) is 0 Å². The number of thiol groups is 1. The summed E-state index contributed by atoms with van der Waals surface area (Å²) in [4.78, 5) is 16.4. The lowest BCUT2D eigenvalue weighted by molar-refractivity contribution is 0.152. The number of hydrogen-bond acceptors (Lipinski definition) is 3. The van der Waals surface area contributed by atoms with Crippen LogP contribution in [0, 0.1) is 0 Å². The molecule has 1 unspecified atom stereocenters. The highest BCUT2D eigenvalue weighted by atomic mass is 35.5. The maximum Gasteiger partial charge on any atom is 0.317 e. The van der Waals surface area contributed by atoms with Gasteiger partial charge in [-0.2, -0.15) is 12.6 Å². The van der Waals surface area contributed by atoms with Crippen LogP contribution in [-0.4, -0.2) is 60.9 Å². The Kier molecular flexibility index (Phi) is 7.93. The topological polar surface area (TPSA) is 35.6 Å². The van der Waals surface area contributed by atoms with Crippen LogP contribution in [0.2, 0.25) is 0 Å². The largest absolute Gasteiger partial charge is 0.334 e. The number of nitrogens with zero attached hydrogens (tertiary/aromatic N) is 2. The van der Waals surface area contributed by atoms with Crippen molar-refractivity contribution in [3.05, 3.63) is 35.9 Å². The number of halogens is 1. The molecule has 1 aliphatic heterocycles. The molecule has 1 saturated heterocycles. The van der Waals surface area contributed by atoms with Crippen LogP contribution >= 0.6 is 25.0 Å². The first kappa shape index (κ1) is 18.1. The molecule has 0 aliphatic carbocycles. The van der Waals surface area contributed by atoms with Crippen LogP contribution in [0.3, 0.4) is 0 Å². The van der Waals surface area contributed by atoms with Crippen molar-refractivity contribution in [2.45, 2.75) is 12.5 Å². The molecule has 1 fully saturated rings. The second kappa shape index (κ2) is 9.18. The van der Waals surface area contributed by atoms with E-state index in [0.29, 0.717) is 5.75 Å². The van der Waals surface area contributed by atoms with Gasteiger partial charge in [0.1, 0.15) is 0 Å². The Balaban J connectivity index is 0.00000220. The Morgan fingerprint density at radius 2 is 1.86 bits per heavy atom. The minimum absolute atomic E-state index is 0. The number of carbonyl (C=O) groups is 1. The van der Waals surface area contributed by atoms with E-state index in [0.717, 1.165) is 32.6 Å². The van der Waals surface area contributed by atoms with Gasteiger partial charge >= 0.3 is 6.03 Å². The summed E-state index contributed by atoms with van der Waals surface area (Å²) in [6.45, 7) is 3.48. The predicted octanol–water partition coefficient (Wildman–Crippen LogP) is 1.91. The summed E-state index contributed by atoms with van der Waals surface area (Å²) in [6, 6.07) is 10.3. The third-order valence-corrected chi connectivity index (χ3v) is 4.10. The molecule has 1 N–H and O–H groups in total. The molecule has 1 atom stereocenters. The molecule has 118 valence electrons. The number of amides is 2. The number of benzene rings is 1. The summed E-state index contributed by atoms with van der Waals surface area (Å²) in [6.07, 6.45) is 0.823. The second-order valence-corrected chi connectivity index (χ2v) is 5.67. The van der Waals surface area contributed by atoms with E-state index in [9.17, 15) is 4.79 Å². The quantitative estimate of drug-likeness (QED) is 0.828. The van der Waals surface area contributed by atoms with Gasteiger partial charge in [0.15, 0.2) is 0 Å². The average molecular weight is 330 g/mol. The number of likely N-dealkylation sites (N-methyl/N-ethyl adjacent to an activating group) is 1. The van der Waals surface area contributed by atoms with Gasteiger partial charge in [-0.15, -0.1) is 12.4 Å². The Morgan fingerprint density at radius 1 is 1.24 bits per heavy atom. The van der Waals surface area contributed by atoms with Gasteiger partial charge in [-0.05, 0) is 19.0 Å². The third kappa shape index (κ3) is 5.77. The molecule has 2 rings (SSSR count). The molecule has 1 aromatic carbocycles. The molecule has 4 nitrogen and oxygen atoms in total. The smallest absolute Gasteiger partial charge is 0.317 e. The van der Waals surface area contributed by atoms with Gasteiger partial charge in [0.25, 0.3) is 0 Å². The van der Waals surface area contributed by atoms with Gasteiger partial charge in [0.05, 0.1) is 0 Å². The van der Waals surface area contributed by atoms with Crippen LogP contribution in [0.5, 0.6) is 0 Å². The van der Waals surface area contributed by atoms with Gasteiger partial charge in [0, 0.05) is 38.0 Å². The first-order valence-corrected chi connectivity index (χ1v) is 7.71. The lowest BCUT2D eigenvalue weighted by Gasteiger charge is -2.33. The van der Waals surface area contributed by atoms with Gasteiger partial charge in [-0.3, -0.25) is 0 Å². The van der Waals surface area contributed by atoms with Crippen molar-refractivity contribution in [2.75, 3.05) is 39.0 Å². The Hall–Kier alpha value is -0.910. The standard InChI is InChI=1S/C15H23N3OS.ClH/c1-17-7-9-18(10-8-17)15(19)16-14(12-20)11-13-5-3-2-4-6-13;/h2-6,14,20H,7-12H2,1H3,(H,16,19);1H. The summed E-state index contributed by atoms with van der Waals surface area (Å²) in [5, 5.41) is 3.09. The summed E-state index contributed by atoms with van der Waals surface area (Å²) < 4.78 is 0. The second-order valence-electron chi connectivity index (χ2n) is 5.31. The number of urea groups is 1. The fourth-order valence-electron chi connectivity index (χ4n) is 2.34. The van der Waals surface area contributed by atoms with Crippen LogP contribution in [-0.2, 0) is 6.42 Å². The van der Waals surface area contributed by atoms with Crippen LogP contribution in [0.4, 0.5) is 4.79 Å². The summed E-state index contributed by atoms with van der Waals surface area (Å²) in [5.74, 6) is 0.647. The zero-order valence-corrected chi connectivity index (χ0v) is 14.1. The van der Waals surface area contributed by atoms with E-state index in [4.69, 9.17) is 0 Å². The average Bonchev–Trinajstić information content (AvgIpc) is 2.48. The van der Waals surface area contributed by atoms with E-state index in [-0.39, 0.29) is 24.5 Å². The number of nitrogens with one attached hydrogen (secondary N) is 1. The normalized spacial score (nSPS) is 17.0. The molecule has 0 aromatic heterocycles. The maximum absolute atomic E-state index is 12.2. The minimum Gasteiger partial charge on any atom is -0.334 e. The zero-order chi connectivity index (χ0) is 14.4. The molecule has 0 bridgehead atoms. The van der Waals surface area contributed by atoms with Gasteiger partial charge in [-0.25, -0.2) is 4.79 Å². The lowest BCUT2D eigenvalue weighted by Crippen LogP contribution is -2.53. The monoisotopic (exact) mass is 329 g/mol. The number of piperazine rings is 1. The van der Waals surface area contributed by atoms with Gasteiger partial charge < -0.3 is 15.1 Å². The van der Waals surface area contributed by atoms with Crippen molar-refractivity contribution in [1.82, 2.24) is 15.1 Å². The molecule has 6 heteroatoms. The first-order chi connectivity index (χ1) is 9.69. The highest BCUT2D eigenvalue weighted by Gasteiger charge is 2.21. The lowest BCUT2D eigenvalue weighted by atomic mass is 10.1. The van der Waals surface area contributed by atoms with Gasteiger partial charge in [-0.1, -0.05) is 30.3 Å². The van der Waals surface area contributed by atoms with Crippen LogP contribution < -0.4 is 5.32 Å². The van der Waals surface area contributed by atoms with Crippen LogP contribution in [0.1, 0.15) is 5.56 Å². The molecular weight excluding hydrogens is 306 g/mol. The molecular formula is C15H24ClN3OS. The molecule has 21 heavy (non-hydrogen) atoms. The van der Waals surface area contributed by atoms with Crippen molar-refractivity contribution in [3.63, 3.8) is 0 Å². The summed E-state index contributed by atoms with van der Waals surface area (Å²) in [7, 11) is 2.08. The fourth-order valence-corrected chi connectivity index (χ4v) is 2.56. The fraction of sp³-hybridized carbons (Fsp3) is 0.533. The highest BCUT2D eigenvalue weighted by Crippen LogP contribution is 2.06. The summed E-state index contributed by atoms with van der Waals surface area (Å²) >= 11 is 4.36. The molecule has 2 amide bonds. The van der Waals surface area contributed by atoms with Crippen molar-refractivity contribution < 1.29 is 4.79 Å². The molecule has 0 saturated carbocycles. The van der Waals surface area contributed by atoms with Crippen molar-refractivity contribution in [1.29, 1.82) is 0 Å². The highest BCUT2D eigenvalue weighted by molar-refractivity contribution is 7.80. The number of hydrogen-bond donors (Lipinski definition) is 2. The zero-order valence-electron chi connectivity index (χ0n) is 12.4. The molecule has 1 aliphatic rings. The molecule has 0 radical (unpaired) electrons. The van der Waals surface area contributed by atoms with E-state index >= 15 is 0 Å². The SMILES string of the molecule is CN1CCN(C(=O)NC(CS)Cc2ccccc2)CC1.Cl. The molecule has 1 aromatic rings. The third-order valence-electron chi connectivity index (χ3n) is 3.66. The Bertz CT molecular complexity index is 424. The Labute approximate surface area is 138 Å². The van der Waals surface area contributed by atoms with E-state index in [1.165, 1.54) is 5.56 Å². The van der Waals surface area contributed by atoms with Crippen molar-refractivity contribution in [3.8, 4) is 0 Å². The van der Waals surface area contributed by atoms with Crippen LogP contribution in [0.15, 0.2) is 30.3 Å². The van der Waals surface area contributed by atoms with Crippen LogP contribution in [0.25, 0.3) is 0 Å². The van der Waals surface area contributed by atoms with Crippen molar-refractivity contribution >= 4 is 31.1 Å². The molecule has 0 spiro atoms. The van der Waals surface area contributed by atoms with Crippen molar-refractivity contribution in [2.24, 2.45) is 0 Å².